The SMILES string of the molecule is NC(=O)c1ccc(F)c([C@]2(CF)COCC(N)=N2)c1. The van der Waals surface area contributed by atoms with Gasteiger partial charge in [0.1, 0.15) is 30.5 Å². The number of rotatable bonds is 3. The lowest BCUT2D eigenvalue weighted by Gasteiger charge is -2.31. The third-order valence-electron chi connectivity index (χ3n) is 2.92. The number of hydrogen-bond donors (Lipinski definition) is 2. The molecule has 0 spiro atoms. The van der Waals surface area contributed by atoms with Crippen LogP contribution in [0.1, 0.15) is 15.9 Å². The summed E-state index contributed by atoms with van der Waals surface area (Å²) in [6.07, 6.45) is 0. The predicted octanol–water partition coefficient (Wildman–Crippen LogP) is 0.477. The molecule has 0 unspecified atom stereocenters. The van der Waals surface area contributed by atoms with Crippen molar-refractivity contribution in [1.82, 2.24) is 0 Å². The van der Waals surface area contributed by atoms with Crippen LogP contribution in [0.25, 0.3) is 0 Å². The van der Waals surface area contributed by atoms with E-state index in [-0.39, 0.29) is 30.2 Å². The van der Waals surface area contributed by atoms with Crippen molar-refractivity contribution in [3.63, 3.8) is 0 Å². The summed E-state index contributed by atoms with van der Waals surface area (Å²) in [6.45, 7) is -1.07. The summed E-state index contributed by atoms with van der Waals surface area (Å²) < 4.78 is 32.4. The highest BCUT2D eigenvalue weighted by molar-refractivity contribution is 5.93. The first-order valence-electron chi connectivity index (χ1n) is 5.56. The average molecular weight is 269 g/mol. The lowest BCUT2D eigenvalue weighted by molar-refractivity contribution is 0.0807. The Labute approximate surface area is 108 Å². The van der Waals surface area contributed by atoms with E-state index in [0.29, 0.717) is 0 Å². The number of benzene rings is 1. The number of amidine groups is 1. The highest BCUT2D eigenvalue weighted by Crippen LogP contribution is 2.32. The molecular weight excluding hydrogens is 256 g/mol. The average Bonchev–Trinajstić information content (AvgIpc) is 2.38. The van der Waals surface area contributed by atoms with Crippen molar-refractivity contribution < 1.29 is 18.3 Å². The van der Waals surface area contributed by atoms with E-state index in [1.165, 1.54) is 12.1 Å². The number of hydrogen-bond acceptors (Lipinski definition) is 4. The van der Waals surface area contributed by atoms with Crippen LogP contribution in [0.15, 0.2) is 23.2 Å². The van der Waals surface area contributed by atoms with Gasteiger partial charge in [-0.1, -0.05) is 0 Å². The summed E-state index contributed by atoms with van der Waals surface area (Å²) in [5.41, 5.74) is 9.07. The minimum atomic E-state index is -1.56. The van der Waals surface area contributed by atoms with Crippen molar-refractivity contribution in [3.8, 4) is 0 Å². The largest absolute Gasteiger partial charge is 0.385 e. The molecular formula is C12H13F2N3O2. The summed E-state index contributed by atoms with van der Waals surface area (Å²) in [7, 11) is 0. The zero-order chi connectivity index (χ0) is 14.0. The maximum absolute atomic E-state index is 13.9. The van der Waals surface area contributed by atoms with Crippen molar-refractivity contribution in [2.45, 2.75) is 5.54 Å². The minimum absolute atomic E-state index is 0.0683. The van der Waals surface area contributed by atoms with Crippen LogP contribution in [0, 0.1) is 5.82 Å². The van der Waals surface area contributed by atoms with Crippen LogP contribution < -0.4 is 11.5 Å². The molecule has 102 valence electrons. The Bertz CT molecular complexity index is 548. The van der Waals surface area contributed by atoms with Gasteiger partial charge in [0.2, 0.25) is 5.91 Å². The van der Waals surface area contributed by atoms with Crippen LogP contribution in [0.2, 0.25) is 0 Å². The Morgan fingerprint density at radius 3 is 2.84 bits per heavy atom. The van der Waals surface area contributed by atoms with Crippen LogP contribution in [-0.4, -0.2) is 31.6 Å². The van der Waals surface area contributed by atoms with Gasteiger partial charge >= 0.3 is 0 Å². The number of halogens is 2. The Kier molecular flexibility index (Phi) is 3.48. The molecule has 1 aromatic rings. The molecule has 1 amide bonds. The monoisotopic (exact) mass is 269 g/mol. The van der Waals surface area contributed by atoms with E-state index < -0.39 is 23.9 Å². The van der Waals surface area contributed by atoms with Crippen molar-refractivity contribution in [1.29, 1.82) is 0 Å². The van der Waals surface area contributed by atoms with Gasteiger partial charge in [-0.05, 0) is 18.2 Å². The molecule has 2 rings (SSSR count). The summed E-state index contributed by atoms with van der Waals surface area (Å²) >= 11 is 0. The quantitative estimate of drug-likeness (QED) is 0.836. The first-order chi connectivity index (χ1) is 8.98. The number of ether oxygens (including phenoxy) is 1. The molecule has 7 heteroatoms. The van der Waals surface area contributed by atoms with Gasteiger partial charge < -0.3 is 16.2 Å². The first-order valence-corrected chi connectivity index (χ1v) is 5.56. The molecule has 1 atom stereocenters. The summed E-state index contributed by atoms with van der Waals surface area (Å²) in [4.78, 5) is 15.1. The second-order valence-corrected chi connectivity index (χ2v) is 4.32. The first kappa shape index (κ1) is 13.4. The molecule has 1 aromatic carbocycles. The number of alkyl halides is 1. The Morgan fingerprint density at radius 2 is 2.26 bits per heavy atom. The minimum Gasteiger partial charge on any atom is -0.385 e. The van der Waals surface area contributed by atoms with Crippen LogP contribution in [0.4, 0.5) is 8.78 Å². The number of carbonyl (C=O) groups is 1. The van der Waals surface area contributed by atoms with Gasteiger partial charge in [0.25, 0.3) is 0 Å². The van der Waals surface area contributed by atoms with Crippen molar-refractivity contribution in [2.24, 2.45) is 16.5 Å². The molecule has 0 fully saturated rings. The van der Waals surface area contributed by atoms with E-state index in [9.17, 15) is 13.6 Å². The predicted molar refractivity (Wildman–Crippen MR) is 65.0 cm³/mol. The summed E-state index contributed by atoms with van der Waals surface area (Å²) in [5, 5.41) is 0. The van der Waals surface area contributed by atoms with E-state index >= 15 is 0 Å². The normalized spacial score (nSPS) is 22.9. The highest BCUT2D eigenvalue weighted by Gasteiger charge is 2.38. The van der Waals surface area contributed by atoms with Gasteiger partial charge in [-0.15, -0.1) is 0 Å². The van der Waals surface area contributed by atoms with E-state index in [4.69, 9.17) is 16.2 Å². The Morgan fingerprint density at radius 1 is 1.53 bits per heavy atom. The molecule has 0 aromatic heterocycles. The van der Waals surface area contributed by atoms with Crippen LogP contribution in [-0.2, 0) is 10.3 Å². The van der Waals surface area contributed by atoms with Crippen molar-refractivity contribution >= 4 is 11.7 Å². The standard InChI is InChI=1S/C12H13F2N3O2/c13-5-12(6-19-4-10(15)17-12)8-3-7(11(16)18)1-2-9(8)14/h1-3H,4-6H2,(H2,15,17)(H2,16,18)/t12-/m0/s1. The number of primary amides is 1. The molecule has 1 aliphatic heterocycles. The van der Waals surface area contributed by atoms with Crippen LogP contribution >= 0.6 is 0 Å². The highest BCUT2D eigenvalue weighted by atomic mass is 19.1. The van der Waals surface area contributed by atoms with E-state index in [1.54, 1.807) is 0 Å². The van der Waals surface area contributed by atoms with Crippen molar-refractivity contribution in [2.75, 3.05) is 19.9 Å². The van der Waals surface area contributed by atoms with Gasteiger partial charge in [0.15, 0.2) is 0 Å². The maximum atomic E-state index is 13.9. The molecule has 0 saturated carbocycles. The fourth-order valence-corrected chi connectivity index (χ4v) is 1.98. The van der Waals surface area contributed by atoms with Gasteiger partial charge in [-0.25, -0.2) is 8.78 Å². The zero-order valence-corrected chi connectivity index (χ0v) is 10.0. The fraction of sp³-hybridized carbons (Fsp3) is 0.333. The molecule has 0 aliphatic carbocycles. The second-order valence-electron chi connectivity index (χ2n) is 4.32. The molecule has 0 bridgehead atoms. The Balaban J connectivity index is 2.57. The molecule has 1 heterocycles. The molecule has 4 N–H and O–H groups in total. The zero-order valence-electron chi connectivity index (χ0n) is 10.0. The number of nitrogens with two attached hydrogens (primary N) is 2. The fourth-order valence-electron chi connectivity index (χ4n) is 1.98. The van der Waals surface area contributed by atoms with Crippen molar-refractivity contribution in [3.05, 3.63) is 35.1 Å². The number of carbonyl (C=O) groups excluding carboxylic acids is 1. The van der Waals surface area contributed by atoms with E-state index in [0.717, 1.165) is 6.07 Å². The smallest absolute Gasteiger partial charge is 0.248 e. The Hall–Kier alpha value is -2.02. The van der Waals surface area contributed by atoms with E-state index in [1.807, 2.05) is 0 Å². The van der Waals surface area contributed by atoms with Crippen LogP contribution in [0.3, 0.4) is 0 Å². The third kappa shape index (κ3) is 2.41. The van der Waals surface area contributed by atoms with E-state index in [2.05, 4.69) is 4.99 Å². The molecule has 0 saturated heterocycles. The third-order valence-corrected chi connectivity index (χ3v) is 2.92. The van der Waals surface area contributed by atoms with Gasteiger partial charge in [-0.3, -0.25) is 9.79 Å². The van der Waals surface area contributed by atoms with Gasteiger partial charge in [0, 0.05) is 11.1 Å². The maximum Gasteiger partial charge on any atom is 0.248 e. The second kappa shape index (κ2) is 4.93. The number of amides is 1. The lowest BCUT2D eigenvalue weighted by Crippen LogP contribution is -2.42. The molecule has 5 nitrogen and oxygen atoms in total. The topological polar surface area (TPSA) is 90.7 Å². The van der Waals surface area contributed by atoms with Gasteiger partial charge in [0.05, 0.1) is 6.61 Å². The van der Waals surface area contributed by atoms with Crippen LogP contribution in [0.5, 0.6) is 0 Å². The summed E-state index contributed by atoms with van der Waals surface area (Å²) in [6, 6.07) is 3.46. The number of aliphatic imine (C=N–C) groups is 1. The lowest BCUT2D eigenvalue weighted by atomic mass is 9.90. The summed E-state index contributed by atoms with van der Waals surface area (Å²) in [5.74, 6) is -1.35. The molecule has 19 heavy (non-hydrogen) atoms. The molecule has 0 radical (unpaired) electrons. The number of nitrogens with zero attached hydrogens (tertiary/aromatic N) is 1. The van der Waals surface area contributed by atoms with Gasteiger partial charge in [-0.2, -0.15) is 0 Å². The molecule has 1 aliphatic rings.